The summed E-state index contributed by atoms with van der Waals surface area (Å²) in [6, 6.07) is 8.58. The molecule has 0 radical (unpaired) electrons. The first-order chi connectivity index (χ1) is 12.9. The molecule has 1 aromatic carbocycles. The minimum absolute atomic E-state index is 0.00815. The van der Waals surface area contributed by atoms with E-state index in [-0.39, 0.29) is 18.4 Å². The zero-order valence-corrected chi connectivity index (χ0v) is 15.8. The van der Waals surface area contributed by atoms with E-state index in [1.807, 2.05) is 0 Å². The molecule has 1 aromatic heterocycles. The van der Waals surface area contributed by atoms with Crippen LogP contribution >= 0.6 is 11.3 Å². The summed E-state index contributed by atoms with van der Waals surface area (Å²) in [6.45, 7) is 3.01. The highest BCUT2D eigenvalue weighted by atomic mass is 32.1. The lowest BCUT2D eigenvalue weighted by atomic mass is 10.0. The molecule has 144 valence electrons. The molecule has 0 bridgehead atoms. The van der Waals surface area contributed by atoms with Gasteiger partial charge in [-0.15, -0.1) is 11.3 Å². The van der Waals surface area contributed by atoms with Crippen LogP contribution in [-0.2, 0) is 20.9 Å². The Labute approximate surface area is 160 Å². The Morgan fingerprint density at radius 2 is 1.89 bits per heavy atom. The van der Waals surface area contributed by atoms with E-state index < -0.39 is 30.3 Å². The number of carbonyl (C=O) groups is 3. The van der Waals surface area contributed by atoms with E-state index >= 15 is 0 Å². The smallest absolute Gasteiger partial charge is 0.329 e. The molecular weight excluding hydrogens is 371 g/mol. The molecular formula is C19H21FN2O4S. The number of benzene rings is 1. The third-order valence-electron chi connectivity index (χ3n) is 3.73. The maximum absolute atomic E-state index is 13.5. The summed E-state index contributed by atoms with van der Waals surface area (Å²) in [5, 5.41) is 6.87. The van der Waals surface area contributed by atoms with Gasteiger partial charge < -0.3 is 15.4 Å². The molecule has 0 aliphatic rings. The maximum Gasteiger partial charge on any atom is 0.329 e. The fourth-order valence-electron chi connectivity index (χ4n) is 2.23. The van der Waals surface area contributed by atoms with E-state index in [0.717, 1.165) is 0 Å². The lowest BCUT2D eigenvalue weighted by molar-refractivity contribution is -0.151. The number of hydrogen-bond acceptors (Lipinski definition) is 5. The van der Waals surface area contributed by atoms with Crippen LogP contribution in [0.25, 0.3) is 0 Å². The maximum atomic E-state index is 13.5. The Balaban J connectivity index is 1.83. The van der Waals surface area contributed by atoms with Crippen molar-refractivity contribution in [3.8, 4) is 0 Å². The van der Waals surface area contributed by atoms with Crippen molar-refractivity contribution in [2.45, 2.75) is 26.4 Å². The molecule has 2 aromatic rings. The Morgan fingerprint density at radius 1 is 1.15 bits per heavy atom. The fourth-order valence-corrected chi connectivity index (χ4v) is 2.86. The first-order valence-corrected chi connectivity index (χ1v) is 9.27. The lowest BCUT2D eigenvalue weighted by Crippen LogP contribution is -2.46. The van der Waals surface area contributed by atoms with E-state index in [0.29, 0.717) is 10.4 Å². The van der Waals surface area contributed by atoms with Crippen molar-refractivity contribution in [1.29, 1.82) is 0 Å². The van der Waals surface area contributed by atoms with Crippen LogP contribution in [0.15, 0.2) is 41.8 Å². The summed E-state index contributed by atoms with van der Waals surface area (Å²) in [7, 11) is 0. The van der Waals surface area contributed by atoms with Crippen molar-refractivity contribution in [1.82, 2.24) is 10.6 Å². The van der Waals surface area contributed by atoms with E-state index in [1.165, 1.54) is 17.4 Å². The zero-order chi connectivity index (χ0) is 19.8. The van der Waals surface area contributed by atoms with Crippen molar-refractivity contribution in [2.24, 2.45) is 5.92 Å². The lowest BCUT2D eigenvalue weighted by Gasteiger charge is -2.20. The summed E-state index contributed by atoms with van der Waals surface area (Å²) in [4.78, 5) is 36.7. The molecule has 0 unspecified atom stereocenters. The third-order valence-corrected chi connectivity index (χ3v) is 4.60. The summed E-state index contributed by atoms with van der Waals surface area (Å²) >= 11 is 1.26. The molecule has 1 atom stereocenters. The Hall–Kier alpha value is -2.74. The number of rotatable bonds is 8. The minimum Gasteiger partial charge on any atom is -0.454 e. The number of amides is 2. The van der Waals surface area contributed by atoms with Crippen molar-refractivity contribution >= 4 is 29.1 Å². The quantitative estimate of drug-likeness (QED) is 0.676. The highest BCUT2D eigenvalue weighted by Gasteiger charge is 2.27. The van der Waals surface area contributed by atoms with Crippen LogP contribution in [0.4, 0.5) is 4.39 Å². The van der Waals surface area contributed by atoms with E-state index in [1.54, 1.807) is 49.6 Å². The van der Waals surface area contributed by atoms with Gasteiger partial charge in [0, 0.05) is 12.1 Å². The van der Waals surface area contributed by atoms with E-state index in [2.05, 4.69) is 10.6 Å². The highest BCUT2D eigenvalue weighted by molar-refractivity contribution is 7.12. The number of carbonyl (C=O) groups excluding carboxylic acids is 3. The first-order valence-electron chi connectivity index (χ1n) is 8.39. The van der Waals surface area contributed by atoms with Crippen LogP contribution in [0.1, 0.15) is 29.1 Å². The van der Waals surface area contributed by atoms with Crippen molar-refractivity contribution in [2.75, 3.05) is 6.61 Å². The number of thiophene rings is 1. The van der Waals surface area contributed by atoms with Crippen LogP contribution in [0.3, 0.4) is 0 Å². The number of hydrogen-bond donors (Lipinski definition) is 2. The average molecular weight is 392 g/mol. The van der Waals surface area contributed by atoms with Gasteiger partial charge >= 0.3 is 5.97 Å². The fraction of sp³-hybridized carbons (Fsp3) is 0.316. The number of esters is 1. The number of nitrogens with one attached hydrogen (secondary N) is 2. The van der Waals surface area contributed by atoms with Crippen LogP contribution < -0.4 is 10.6 Å². The molecule has 27 heavy (non-hydrogen) atoms. The predicted octanol–water partition coefficient (Wildman–Crippen LogP) is 2.50. The average Bonchev–Trinajstić information content (AvgIpc) is 3.18. The van der Waals surface area contributed by atoms with Gasteiger partial charge in [0.15, 0.2) is 6.61 Å². The molecule has 0 spiro atoms. The molecule has 2 N–H and O–H groups in total. The molecule has 0 aliphatic heterocycles. The predicted molar refractivity (Wildman–Crippen MR) is 99.6 cm³/mol. The Kier molecular flexibility index (Phi) is 7.48. The summed E-state index contributed by atoms with van der Waals surface area (Å²) in [6.07, 6.45) is 0. The van der Waals surface area contributed by atoms with E-state index in [4.69, 9.17) is 4.74 Å². The highest BCUT2D eigenvalue weighted by Crippen LogP contribution is 2.11. The molecule has 0 saturated heterocycles. The molecule has 6 nitrogen and oxygen atoms in total. The number of halogens is 1. The van der Waals surface area contributed by atoms with Gasteiger partial charge in [-0.3, -0.25) is 9.59 Å². The SMILES string of the molecule is CC(C)[C@@H](NC(=O)c1cccs1)C(=O)OCC(=O)NCc1ccccc1F. The van der Waals surface area contributed by atoms with Gasteiger partial charge in [0.2, 0.25) is 0 Å². The van der Waals surface area contributed by atoms with Gasteiger partial charge in [-0.25, -0.2) is 9.18 Å². The zero-order valence-electron chi connectivity index (χ0n) is 15.0. The largest absolute Gasteiger partial charge is 0.454 e. The van der Waals surface area contributed by atoms with Crippen molar-refractivity contribution in [3.63, 3.8) is 0 Å². The Bertz CT molecular complexity index is 793. The second-order valence-corrected chi connectivity index (χ2v) is 7.10. The van der Waals surface area contributed by atoms with Crippen LogP contribution in [-0.4, -0.2) is 30.4 Å². The second kappa shape index (κ2) is 9.82. The van der Waals surface area contributed by atoms with Gasteiger partial charge in [0.1, 0.15) is 11.9 Å². The van der Waals surface area contributed by atoms with E-state index in [9.17, 15) is 18.8 Å². The van der Waals surface area contributed by atoms with Crippen LogP contribution in [0.2, 0.25) is 0 Å². The van der Waals surface area contributed by atoms with Crippen molar-refractivity contribution < 1.29 is 23.5 Å². The van der Waals surface area contributed by atoms with Gasteiger partial charge in [0.05, 0.1) is 4.88 Å². The first kappa shape index (κ1) is 20.6. The third kappa shape index (κ3) is 6.18. The van der Waals surface area contributed by atoms with Gasteiger partial charge in [0.25, 0.3) is 11.8 Å². The minimum atomic E-state index is -0.876. The summed E-state index contributed by atoms with van der Waals surface area (Å²) in [5.74, 6) is -2.27. The molecule has 0 fully saturated rings. The molecule has 8 heteroatoms. The van der Waals surface area contributed by atoms with Gasteiger partial charge in [-0.2, -0.15) is 0 Å². The molecule has 1 heterocycles. The second-order valence-electron chi connectivity index (χ2n) is 6.15. The molecule has 0 saturated carbocycles. The van der Waals surface area contributed by atoms with Crippen molar-refractivity contribution in [3.05, 3.63) is 58.0 Å². The van der Waals surface area contributed by atoms with Gasteiger partial charge in [-0.1, -0.05) is 38.1 Å². The standard InChI is InChI=1S/C19H21FN2O4S/c1-12(2)17(22-18(24)15-8-5-9-27-15)19(25)26-11-16(23)21-10-13-6-3-4-7-14(13)20/h3-9,12,17H,10-11H2,1-2H3,(H,21,23)(H,22,24)/t17-/m1/s1. The Morgan fingerprint density at radius 3 is 2.52 bits per heavy atom. The normalized spacial score (nSPS) is 11.7. The van der Waals surface area contributed by atoms with Crippen LogP contribution in [0.5, 0.6) is 0 Å². The molecule has 0 aliphatic carbocycles. The summed E-state index contributed by atoms with van der Waals surface area (Å²) < 4.78 is 18.5. The van der Waals surface area contributed by atoms with Crippen LogP contribution in [0, 0.1) is 11.7 Å². The number of ether oxygens (including phenoxy) is 1. The molecule has 2 amide bonds. The summed E-state index contributed by atoms with van der Waals surface area (Å²) in [5.41, 5.74) is 0.334. The topological polar surface area (TPSA) is 84.5 Å². The monoisotopic (exact) mass is 392 g/mol. The molecule has 2 rings (SSSR count). The van der Waals surface area contributed by atoms with Gasteiger partial charge in [-0.05, 0) is 23.4 Å².